The van der Waals surface area contributed by atoms with Crippen LogP contribution >= 0.6 is 23.2 Å². The van der Waals surface area contributed by atoms with Crippen LogP contribution in [-0.4, -0.2) is 30.4 Å². The largest absolute Gasteiger partial charge is 0.323 e. The number of aromatic nitrogens is 4. The first-order valence-corrected chi connectivity index (χ1v) is 9.45. The van der Waals surface area contributed by atoms with Crippen molar-refractivity contribution in [2.75, 3.05) is 5.32 Å². The Bertz CT molecular complexity index is 1080. The van der Waals surface area contributed by atoms with Crippen molar-refractivity contribution < 1.29 is 9.72 Å². The number of aryl methyl sites for hydroxylation is 2. The number of benzene rings is 1. The Labute approximate surface area is 176 Å². The molecular weight excluding hydrogens is 419 g/mol. The summed E-state index contributed by atoms with van der Waals surface area (Å²) in [6, 6.07) is 5.33. The van der Waals surface area contributed by atoms with E-state index < -0.39 is 4.92 Å². The van der Waals surface area contributed by atoms with Crippen molar-refractivity contribution in [3.63, 3.8) is 0 Å². The lowest BCUT2D eigenvalue weighted by Gasteiger charge is -2.05. The Morgan fingerprint density at radius 1 is 1.28 bits per heavy atom. The third-order valence-corrected chi connectivity index (χ3v) is 5.06. The summed E-state index contributed by atoms with van der Waals surface area (Å²) >= 11 is 11.9. The van der Waals surface area contributed by atoms with E-state index in [-0.39, 0.29) is 24.6 Å². The minimum absolute atomic E-state index is 0.0195. The van der Waals surface area contributed by atoms with Gasteiger partial charge in [0.25, 0.3) is 0 Å². The Morgan fingerprint density at radius 3 is 2.69 bits per heavy atom. The van der Waals surface area contributed by atoms with E-state index in [2.05, 4.69) is 15.5 Å². The van der Waals surface area contributed by atoms with E-state index in [1.54, 1.807) is 43.1 Å². The summed E-state index contributed by atoms with van der Waals surface area (Å²) in [4.78, 5) is 22.8. The van der Waals surface area contributed by atoms with Gasteiger partial charge in [0.2, 0.25) is 5.91 Å². The fourth-order valence-corrected chi connectivity index (χ4v) is 3.26. The summed E-state index contributed by atoms with van der Waals surface area (Å²) in [5, 5.41) is 23.1. The molecule has 0 saturated carbocycles. The highest BCUT2D eigenvalue weighted by molar-refractivity contribution is 6.42. The summed E-state index contributed by atoms with van der Waals surface area (Å²) in [5.41, 5.74) is 2.21. The molecule has 0 fully saturated rings. The summed E-state index contributed by atoms with van der Waals surface area (Å²) in [6.07, 6.45) is 3.37. The molecule has 0 aliphatic heterocycles. The fraction of sp³-hybridized carbons (Fsp3) is 0.278. The highest BCUT2D eigenvalue weighted by atomic mass is 35.5. The van der Waals surface area contributed by atoms with Gasteiger partial charge in [-0.3, -0.25) is 24.3 Å². The molecule has 0 saturated heterocycles. The van der Waals surface area contributed by atoms with Crippen molar-refractivity contribution in [1.82, 2.24) is 19.6 Å². The van der Waals surface area contributed by atoms with Gasteiger partial charge in [-0.2, -0.15) is 10.2 Å². The second-order valence-corrected chi connectivity index (χ2v) is 7.29. The molecule has 2 heterocycles. The van der Waals surface area contributed by atoms with E-state index in [1.807, 2.05) is 6.07 Å². The summed E-state index contributed by atoms with van der Waals surface area (Å²) in [7, 11) is 0. The van der Waals surface area contributed by atoms with Crippen molar-refractivity contribution in [3.05, 3.63) is 67.7 Å². The summed E-state index contributed by atoms with van der Waals surface area (Å²) < 4.78 is 3.14. The van der Waals surface area contributed by atoms with Gasteiger partial charge in [-0.25, -0.2) is 0 Å². The average molecular weight is 437 g/mol. The van der Waals surface area contributed by atoms with E-state index >= 15 is 0 Å². The van der Waals surface area contributed by atoms with Gasteiger partial charge in [0.1, 0.15) is 11.4 Å². The van der Waals surface area contributed by atoms with Crippen LogP contribution in [0.15, 0.2) is 30.6 Å². The molecule has 2 aromatic heterocycles. The maximum absolute atomic E-state index is 12.2. The molecule has 0 aliphatic carbocycles. The molecule has 0 aliphatic rings. The molecule has 1 aromatic carbocycles. The molecule has 0 unspecified atom stereocenters. The van der Waals surface area contributed by atoms with E-state index in [0.29, 0.717) is 33.7 Å². The number of nitrogens with one attached hydrogen (secondary N) is 1. The van der Waals surface area contributed by atoms with Crippen LogP contribution in [-0.2, 0) is 17.9 Å². The van der Waals surface area contributed by atoms with Crippen molar-refractivity contribution >= 4 is 40.5 Å². The summed E-state index contributed by atoms with van der Waals surface area (Å²) in [6.45, 7) is 3.90. The number of carbonyl (C=O) groups is 1. The number of carbonyl (C=O) groups excluding carboxylic acids is 1. The van der Waals surface area contributed by atoms with Gasteiger partial charge in [-0.15, -0.1) is 0 Å². The zero-order chi connectivity index (χ0) is 21.1. The fourth-order valence-electron chi connectivity index (χ4n) is 2.94. The van der Waals surface area contributed by atoms with E-state index in [1.165, 1.54) is 4.68 Å². The second kappa shape index (κ2) is 8.62. The molecule has 0 atom stereocenters. The Kier molecular flexibility index (Phi) is 6.19. The van der Waals surface area contributed by atoms with Gasteiger partial charge in [-0.1, -0.05) is 29.3 Å². The van der Waals surface area contributed by atoms with Crippen LogP contribution in [0.25, 0.3) is 0 Å². The Balaban J connectivity index is 1.57. The number of anilines is 1. The van der Waals surface area contributed by atoms with Gasteiger partial charge < -0.3 is 5.32 Å². The molecule has 3 aromatic rings. The first-order valence-electron chi connectivity index (χ1n) is 8.69. The topological polar surface area (TPSA) is 108 Å². The standard InChI is InChI=1S/C18H18Cl2N6O3/c1-11-18(26(28)29)12(2)25(23-11)6-5-17(27)22-14-8-21-24(10-14)9-13-3-4-15(19)16(20)7-13/h3-4,7-8,10H,5-6,9H2,1-2H3,(H,22,27). The molecule has 11 heteroatoms. The van der Waals surface area contributed by atoms with Crippen molar-refractivity contribution in [2.24, 2.45) is 0 Å². The van der Waals surface area contributed by atoms with Crippen molar-refractivity contribution in [2.45, 2.75) is 33.4 Å². The SMILES string of the molecule is Cc1nn(CCC(=O)Nc2cnn(Cc3ccc(Cl)c(Cl)c3)c2)c(C)c1[N+](=O)[O-]. The maximum atomic E-state index is 12.2. The molecule has 9 nitrogen and oxygen atoms in total. The van der Waals surface area contributed by atoms with Crippen LogP contribution in [0.1, 0.15) is 23.4 Å². The third-order valence-electron chi connectivity index (χ3n) is 4.32. The number of hydrogen-bond donors (Lipinski definition) is 1. The Hall–Kier alpha value is -2.91. The van der Waals surface area contributed by atoms with Crippen LogP contribution < -0.4 is 5.32 Å². The number of nitrogens with zero attached hydrogens (tertiary/aromatic N) is 5. The minimum atomic E-state index is -0.462. The lowest BCUT2D eigenvalue weighted by molar-refractivity contribution is -0.386. The first-order chi connectivity index (χ1) is 13.7. The first kappa shape index (κ1) is 20.8. The van der Waals surface area contributed by atoms with E-state index in [0.717, 1.165) is 5.56 Å². The molecule has 0 bridgehead atoms. The number of halogens is 2. The zero-order valence-corrected chi connectivity index (χ0v) is 17.2. The average Bonchev–Trinajstić information content (AvgIpc) is 3.19. The van der Waals surface area contributed by atoms with Crippen molar-refractivity contribution in [3.8, 4) is 0 Å². The Morgan fingerprint density at radius 2 is 2.03 bits per heavy atom. The lowest BCUT2D eigenvalue weighted by atomic mass is 10.2. The van der Waals surface area contributed by atoms with E-state index in [9.17, 15) is 14.9 Å². The third kappa shape index (κ3) is 4.93. The van der Waals surface area contributed by atoms with Gasteiger partial charge in [0, 0.05) is 12.6 Å². The molecular formula is C18H18Cl2N6O3. The lowest BCUT2D eigenvalue weighted by Crippen LogP contribution is -2.15. The number of nitro groups is 1. The van der Waals surface area contributed by atoms with Crippen LogP contribution in [0.4, 0.5) is 11.4 Å². The quantitative estimate of drug-likeness (QED) is 0.444. The van der Waals surface area contributed by atoms with Crippen LogP contribution in [0.3, 0.4) is 0 Å². The molecule has 1 N–H and O–H groups in total. The van der Waals surface area contributed by atoms with Gasteiger partial charge >= 0.3 is 5.69 Å². The van der Waals surface area contributed by atoms with Gasteiger partial charge in [-0.05, 0) is 31.5 Å². The normalized spacial score (nSPS) is 10.9. The van der Waals surface area contributed by atoms with Gasteiger partial charge in [0.05, 0.1) is 39.9 Å². The number of hydrogen-bond acceptors (Lipinski definition) is 5. The molecule has 1 amide bonds. The summed E-state index contributed by atoms with van der Waals surface area (Å²) in [5.74, 6) is -0.241. The van der Waals surface area contributed by atoms with Crippen LogP contribution in [0.5, 0.6) is 0 Å². The zero-order valence-electron chi connectivity index (χ0n) is 15.7. The number of amides is 1. The number of rotatable bonds is 7. The molecule has 29 heavy (non-hydrogen) atoms. The molecule has 0 radical (unpaired) electrons. The predicted molar refractivity (Wildman–Crippen MR) is 109 cm³/mol. The highest BCUT2D eigenvalue weighted by Gasteiger charge is 2.21. The highest BCUT2D eigenvalue weighted by Crippen LogP contribution is 2.23. The monoisotopic (exact) mass is 436 g/mol. The van der Waals surface area contributed by atoms with Crippen LogP contribution in [0.2, 0.25) is 10.0 Å². The minimum Gasteiger partial charge on any atom is -0.323 e. The smallest absolute Gasteiger partial charge is 0.312 e. The predicted octanol–water partition coefficient (Wildman–Crippen LogP) is 3.99. The molecule has 3 rings (SSSR count). The maximum Gasteiger partial charge on any atom is 0.312 e. The van der Waals surface area contributed by atoms with E-state index in [4.69, 9.17) is 23.2 Å². The van der Waals surface area contributed by atoms with Gasteiger partial charge in [0.15, 0.2) is 0 Å². The molecule has 0 spiro atoms. The molecule has 152 valence electrons. The second-order valence-electron chi connectivity index (χ2n) is 6.47. The van der Waals surface area contributed by atoms with Crippen LogP contribution in [0, 0.1) is 24.0 Å². The van der Waals surface area contributed by atoms with Crippen molar-refractivity contribution in [1.29, 1.82) is 0 Å².